The van der Waals surface area contributed by atoms with Crippen LogP contribution in [0.25, 0.3) is 16.6 Å². The van der Waals surface area contributed by atoms with Crippen LogP contribution in [0.5, 0.6) is 0 Å². The van der Waals surface area contributed by atoms with Crippen molar-refractivity contribution < 1.29 is 4.74 Å². The molecule has 0 spiro atoms. The number of hydrogen-bond acceptors (Lipinski definition) is 6. The third-order valence-electron chi connectivity index (χ3n) is 5.12. The van der Waals surface area contributed by atoms with E-state index >= 15 is 0 Å². The first kappa shape index (κ1) is 17.0. The van der Waals surface area contributed by atoms with Crippen molar-refractivity contribution in [1.29, 1.82) is 0 Å². The van der Waals surface area contributed by atoms with Crippen molar-refractivity contribution in [2.75, 3.05) is 30.9 Å². The maximum absolute atomic E-state index is 5.12. The minimum absolute atomic E-state index is 0.445. The molecule has 1 aliphatic rings. The molecule has 0 radical (unpaired) electrons. The molecule has 0 bridgehead atoms. The number of anilines is 2. The van der Waals surface area contributed by atoms with Crippen LogP contribution in [0.2, 0.25) is 0 Å². The highest BCUT2D eigenvalue weighted by Crippen LogP contribution is 2.29. The van der Waals surface area contributed by atoms with Gasteiger partial charge in [-0.3, -0.25) is 0 Å². The van der Waals surface area contributed by atoms with E-state index in [0.717, 1.165) is 28.3 Å². The summed E-state index contributed by atoms with van der Waals surface area (Å²) in [5, 5.41) is 11.6. The Hall–Kier alpha value is -2.41. The van der Waals surface area contributed by atoms with E-state index in [9.17, 15) is 0 Å². The Morgan fingerprint density at radius 2 is 2.00 bits per heavy atom. The molecule has 3 aromatic rings. The predicted molar refractivity (Wildman–Crippen MR) is 104 cm³/mol. The van der Waals surface area contributed by atoms with Gasteiger partial charge < -0.3 is 15.4 Å². The van der Waals surface area contributed by atoms with Crippen LogP contribution in [0, 0.1) is 5.92 Å². The maximum Gasteiger partial charge on any atom is 0.225 e. The Morgan fingerprint density at radius 1 is 1.15 bits per heavy atom. The fourth-order valence-corrected chi connectivity index (χ4v) is 3.59. The molecular formula is C19H26N6O. The average molecular weight is 354 g/mol. The summed E-state index contributed by atoms with van der Waals surface area (Å²) in [4.78, 5) is 9.42. The number of fused-ring (bicyclic) bond motifs is 3. The van der Waals surface area contributed by atoms with Crippen molar-refractivity contribution in [2.45, 2.75) is 38.6 Å². The van der Waals surface area contributed by atoms with Crippen molar-refractivity contribution in [3.63, 3.8) is 0 Å². The van der Waals surface area contributed by atoms with Gasteiger partial charge >= 0.3 is 0 Å². The quantitative estimate of drug-likeness (QED) is 0.661. The van der Waals surface area contributed by atoms with E-state index in [1.54, 1.807) is 7.11 Å². The maximum atomic E-state index is 5.12. The molecule has 0 saturated heterocycles. The standard InChI is InChI=1S/C19H26N6O/c1-13-6-8-14(9-7-13)21-18-17-16(15-5-3-4-11-25(15)24-17)22-19(23-18)20-10-12-26-2/h3-5,11,13-14H,6-10,12H2,1-2H3,(H2,20,21,22,23). The summed E-state index contributed by atoms with van der Waals surface area (Å²) in [6.07, 6.45) is 6.81. The molecule has 26 heavy (non-hydrogen) atoms. The summed E-state index contributed by atoms with van der Waals surface area (Å²) in [5.41, 5.74) is 2.68. The molecule has 2 N–H and O–H groups in total. The average Bonchev–Trinajstić information content (AvgIpc) is 3.03. The second kappa shape index (κ2) is 7.45. The number of nitrogens with one attached hydrogen (secondary N) is 2. The molecule has 7 nitrogen and oxygen atoms in total. The molecule has 4 rings (SSSR count). The highest BCUT2D eigenvalue weighted by molar-refractivity contribution is 5.97. The van der Waals surface area contributed by atoms with E-state index in [1.807, 2.05) is 28.9 Å². The van der Waals surface area contributed by atoms with Gasteiger partial charge in [-0.15, -0.1) is 0 Å². The number of hydrogen-bond donors (Lipinski definition) is 2. The fraction of sp³-hybridized carbons (Fsp3) is 0.526. The first-order chi connectivity index (χ1) is 12.7. The second-order valence-electron chi connectivity index (χ2n) is 7.14. The molecule has 3 aromatic heterocycles. The van der Waals surface area contributed by atoms with Crippen LogP contribution in [0.4, 0.5) is 11.8 Å². The zero-order chi connectivity index (χ0) is 17.9. The van der Waals surface area contributed by atoms with Gasteiger partial charge in [-0.25, -0.2) is 9.50 Å². The summed E-state index contributed by atoms with van der Waals surface area (Å²) >= 11 is 0. The first-order valence-electron chi connectivity index (χ1n) is 9.39. The van der Waals surface area contributed by atoms with Crippen LogP contribution in [0.1, 0.15) is 32.6 Å². The van der Waals surface area contributed by atoms with Gasteiger partial charge in [-0.05, 0) is 43.7 Å². The Morgan fingerprint density at radius 3 is 2.81 bits per heavy atom. The van der Waals surface area contributed by atoms with Crippen LogP contribution in [-0.2, 0) is 4.74 Å². The summed E-state index contributed by atoms with van der Waals surface area (Å²) in [7, 11) is 1.69. The monoisotopic (exact) mass is 354 g/mol. The van der Waals surface area contributed by atoms with Gasteiger partial charge in [-0.2, -0.15) is 10.1 Å². The molecule has 138 valence electrons. The second-order valence-corrected chi connectivity index (χ2v) is 7.14. The normalized spacial score (nSPS) is 20.5. The molecular weight excluding hydrogens is 328 g/mol. The highest BCUT2D eigenvalue weighted by atomic mass is 16.5. The molecule has 0 aromatic carbocycles. The summed E-state index contributed by atoms with van der Waals surface area (Å²) in [5.74, 6) is 2.25. The zero-order valence-electron chi connectivity index (χ0n) is 15.4. The van der Waals surface area contributed by atoms with Crippen LogP contribution in [0.3, 0.4) is 0 Å². The van der Waals surface area contributed by atoms with E-state index in [-0.39, 0.29) is 0 Å². The van der Waals surface area contributed by atoms with Gasteiger partial charge in [0.2, 0.25) is 5.95 Å². The van der Waals surface area contributed by atoms with E-state index in [1.165, 1.54) is 25.7 Å². The highest BCUT2D eigenvalue weighted by Gasteiger charge is 2.21. The molecule has 1 aliphatic carbocycles. The van der Waals surface area contributed by atoms with Gasteiger partial charge in [0, 0.05) is 25.9 Å². The van der Waals surface area contributed by atoms with Crippen molar-refractivity contribution in [1.82, 2.24) is 19.6 Å². The van der Waals surface area contributed by atoms with Crippen LogP contribution in [-0.4, -0.2) is 45.9 Å². The Balaban J connectivity index is 1.70. The van der Waals surface area contributed by atoms with Crippen LogP contribution >= 0.6 is 0 Å². The topological polar surface area (TPSA) is 76.4 Å². The minimum Gasteiger partial charge on any atom is -0.383 e. The predicted octanol–water partition coefficient (Wildman–Crippen LogP) is 3.33. The zero-order valence-corrected chi connectivity index (χ0v) is 15.4. The summed E-state index contributed by atoms with van der Waals surface area (Å²) in [6.45, 7) is 3.61. The lowest BCUT2D eigenvalue weighted by Crippen LogP contribution is -2.26. The van der Waals surface area contributed by atoms with E-state index in [2.05, 4.69) is 17.6 Å². The van der Waals surface area contributed by atoms with Crippen LogP contribution < -0.4 is 10.6 Å². The third-order valence-corrected chi connectivity index (χ3v) is 5.12. The van der Waals surface area contributed by atoms with E-state index in [4.69, 9.17) is 19.8 Å². The number of aromatic nitrogens is 4. The lowest BCUT2D eigenvalue weighted by atomic mass is 9.87. The summed E-state index contributed by atoms with van der Waals surface area (Å²) < 4.78 is 6.99. The van der Waals surface area contributed by atoms with Gasteiger partial charge in [-0.1, -0.05) is 13.0 Å². The molecule has 0 amide bonds. The Bertz CT molecular complexity index is 884. The van der Waals surface area contributed by atoms with Gasteiger partial charge in [0.05, 0.1) is 12.1 Å². The van der Waals surface area contributed by atoms with E-state index < -0.39 is 0 Å². The molecule has 1 saturated carbocycles. The van der Waals surface area contributed by atoms with E-state index in [0.29, 0.717) is 25.1 Å². The Kier molecular flexibility index (Phi) is 4.88. The molecule has 1 fully saturated rings. The largest absolute Gasteiger partial charge is 0.383 e. The molecule has 7 heteroatoms. The van der Waals surface area contributed by atoms with Gasteiger partial charge in [0.1, 0.15) is 5.52 Å². The van der Waals surface area contributed by atoms with Crippen molar-refractivity contribution in [2.24, 2.45) is 5.92 Å². The minimum atomic E-state index is 0.445. The molecule has 3 heterocycles. The Labute approximate surface area is 153 Å². The van der Waals surface area contributed by atoms with Crippen molar-refractivity contribution in [3.05, 3.63) is 24.4 Å². The number of nitrogens with zero attached hydrogens (tertiary/aromatic N) is 4. The van der Waals surface area contributed by atoms with Gasteiger partial charge in [0.15, 0.2) is 11.3 Å². The first-order valence-corrected chi connectivity index (χ1v) is 9.39. The summed E-state index contributed by atoms with van der Waals surface area (Å²) in [6, 6.07) is 6.46. The number of ether oxygens (including phenoxy) is 1. The molecule has 0 unspecified atom stereocenters. The fourth-order valence-electron chi connectivity index (χ4n) is 3.59. The number of pyridine rings is 1. The van der Waals surface area contributed by atoms with Gasteiger partial charge in [0.25, 0.3) is 0 Å². The molecule has 0 aliphatic heterocycles. The third kappa shape index (κ3) is 3.44. The number of methoxy groups -OCH3 is 1. The lowest BCUT2D eigenvalue weighted by Gasteiger charge is -2.27. The number of rotatable bonds is 6. The smallest absolute Gasteiger partial charge is 0.225 e. The molecule has 0 atom stereocenters. The van der Waals surface area contributed by atoms with Crippen LogP contribution in [0.15, 0.2) is 24.4 Å². The lowest BCUT2D eigenvalue weighted by molar-refractivity contribution is 0.210. The van der Waals surface area contributed by atoms with Crippen molar-refractivity contribution in [3.8, 4) is 0 Å². The SMILES string of the molecule is COCCNc1nc(NC2CCC(C)CC2)c2nn3ccccc3c2n1. The van der Waals surface area contributed by atoms with Crippen molar-refractivity contribution >= 4 is 28.3 Å².